The number of benzene rings is 3. The molecule has 3 aromatic carbocycles. The smallest absolute Gasteiger partial charge is 0.162 e. The van der Waals surface area contributed by atoms with Gasteiger partial charge in [-0.2, -0.15) is 0 Å². The zero-order valence-electron chi connectivity index (χ0n) is 27.3. The molecule has 0 aliphatic rings. The third-order valence-electron chi connectivity index (χ3n) is 9.77. The molecule has 0 spiro atoms. The maximum Gasteiger partial charge on any atom is 0.162 e. The number of hydrogen-bond acceptors (Lipinski definition) is 3. The summed E-state index contributed by atoms with van der Waals surface area (Å²) in [5.41, 5.74) is 6.33. The molecule has 7 rings (SSSR count). The first-order valence-corrected chi connectivity index (χ1v) is 16.2. The molecule has 0 saturated carbocycles. The number of halogens is 1. The Hall–Kier alpha value is -3.86. The zero-order chi connectivity index (χ0) is 32.0. The van der Waals surface area contributed by atoms with Crippen LogP contribution in [0.3, 0.4) is 0 Å². The van der Waals surface area contributed by atoms with Crippen LogP contribution in [0.1, 0.15) is 64.5 Å². The van der Waals surface area contributed by atoms with Gasteiger partial charge in [0.05, 0.1) is 17.5 Å². The Bertz CT molecular complexity index is 2240. The molecule has 0 fully saturated rings. The third-order valence-corrected chi connectivity index (χ3v) is 9.77. The van der Waals surface area contributed by atoms with Crippen LogP contribution in [0, 0.1) is 37.6 Å². The van der Waals surface area contributed by atoms with Crippen LogP contribution in [0.15, 0.2) is 72.6 Å². The number of ketones is 1. The van der Waals surface area contributed by atoms with E-state index < -0.39 is 0 Å². The van der Waals surface area contributed by atoms with Crippen LogP contribution >= 0.6 is 0 Å². The van der Waals surface area contributed by atoms with Gasteiger partial charge in [-0.3, -0.25) is 9.78 Å². The first-order chi connectivity index (χ1) is 21.7. The molecular weight excluding hydrogens is 752 g/mol. The number of aromatic nitrogens is 2. The molecule has 239 valence electrons. The summed E-state index contributed by atoms with van der Waals surface area (Å²) in [6.07, 6.45) is 6.26. The second-order valence-corrected chi connectivity index (χ2v) is 12.2. The molecular formula is C40H40FIrN2O2-. The normalized spacial score (nSPS) is 12.2. The van der Waals surface area contributed by atoms with Crippen molar-refractivity contribution >= 4 is 65.6 Å². The molecule has 46 heavy (non-hydrogen) atoms. The van der Waals surface area contributed by atoms with Crippen molar-refractivity contribution < 1.29 is 34.4 Å². The van der Waals surface area contributed by atoms with Crippen molar-refractivity contribution in [2.24, 2.45) is 11.8 Å². The minimum Gasteiger partial charge on any atom is -0.512 e. The van der Waals surface area contributed by atoms with Crippen LogP contribution in [0.25, 0.3) is 59.8 Å². The second-order valence-electron chi connectivity index (χ2n) is 12.2. The standard InChI is InChI=1S/C27H16FN2.C13H24O2.Ir/c1-14-15(2)26-21-12-17-8-4-3-7-16(17)11-20(21)24-27-23(22(28)13-29-24)18-9-5-6-10-19(18)25(14)30(26)27;1-5-10(6-2)12(14)9-13(15)11(7-3)8-4;/h3-10,12-13H,1-2H3;9-11,14H,5-8H2,1-4H3;/q-1;;/b;12-9-;. The Labute approximate surface area is 283 Å². The average molecular weight is 792 g/mol. The summed E-state index contributed by atoms with van der Waals surface area (Å²) in [4.78, 5) is 16.3. The van der Waals surface area contributed by atoms with Gasteiger partial charge in [0, 0.05) is 65.3 Å². The molecule has 0 saturated heterocycles. The maximum atomic E-state index is 15.2. The van der Waals surface area contributed by atoms with E-state index in [2.05, 4.69) is 53.6 Å². The zero-order valence-corrected chi connectivity index (χ0v) is 29.7. The fourth-order valence-corrected chi connectivity index (χ4v) is 7.03. The van der Waals surface area contributed by atoms with Gasteiger partial charge < -0.3 is 9.51 Å². The number of aliphatic hydroxyl groups excluding tert-OH is 1. The summed E-state index contributed by atoms with van der Waals surface area (Å²) in [7, 11) is 0. The number of carbonyl (C=O) groups is 1. The number of aliphatic hydroxyl groups is 1. The Morgan fingerprint density at radius 3 is 2.11 bits per heavy atom. The predicted molar refractivity (Wildman–Crippen MR) is 186 cm³/mol. The number of rotatable bonds is 7. The Balaban J connectivity index is 0.000000225. The van der Waals surface area contributed by atoms with Crippen molar-refractivity contribution in [1.82, 2.24) is 9.38 Å². The van der Waals surface area contributed by atoms with E-state index in [1.54, 1.807) is 0 Å². The van der Waals surface area contributed by atoms with Crippen LogP contribution in [-0.2, 0) is 24.9 Å². The molecule has 7 aromatic rings. The summed E-state index contributed by atoms with van der Waals surface area (Å²) in [6, 6.07) is 22.2. The van der Waals surface area contributed by atoms with E-state index in [4.69, 9.17) is 0 Å². The SMILES string of the molecule is CCC(CC)C(=O)/C=C(\O)C(CC)CC.Cc1c(C)c2c3ccccc3c3c(F)cnc4c5[c-]c6ccccc6cc5c1n2c43.[Ir]. The summed E-state index contributed by atoms with van der Waals surface area (Å²) < 4.78 is 17.5. The number of aryl methyl sites for hydroxylation is 2. The topological polar surface area (TPSA) is 54.6 Å². The van der Waals surface area contributed by atoms with Gasteiger partial charge in [0.2, 0.25) is 0 Å². The molecule has 0 aliphatic carbocycles. The van der Waals surface area contributed by atoms with E-state index in [0.29, 0.717) is 5.39 Å². The minimum atomic E-state index is -0.286. The molecule has 4 heterocycles. The average Bonchev–Trinajstić information content (AvgIpc) is 3.32. The molecule has 6 heteroatoms. The van der Waals surface area contributed by atoms with Crippen LogP contribution in [0.5, 0.6) is 0 Å². The predicted octanol–water partition coefficient (Wildman–Crippen LogP) is 11.0. The largest absolute Gasteiger partial charge is 0.512 e. The van der Waals surface area contributed by atoms with E-state index in [1.165, 1.54) is 23.4 Å². The molecule has 0 aliphatic heterocycles. The van der Waals surface area contributed by atoms with Crippen LogP contribution in [0.4, 0.5) is 4.39 Å². The number of fused-ring (bicyclic) bond motifs is 7. The first kappa shape index (κ1) is 33.5. The second kappa shape index (κ2) is 13.5. The number of nitrogens with zero attached hydrogens (tertiary/aromatic N) is 2. The molecule has 0 amide bonds. The van der Waals surface area contributed by atoms with Crippen LogP contribution in [-0.4, -0.2) is 20.3 Å². The Kier molecular flexibility index (Phi) is 9.81. The van der Waals surface area contributed by atoms with Gasteiger partial charge >= 0.3 is 0 Å². The fraction of sp³-hybridized carbons (Fsp3) is 0.300. The van der Waals surface area contributed by atoms with E-state index in [9.17, 15) is 9.90 Å². The van der Waals surface area contributed by atoms with Gasteiger partial charge in [0.25, 0.3) is 0 Å². The molecule has 4 aromatic heterocycles. The van der Waals surface area contributed by atoms with Gasteiger partial charge in [0.15, 0.2) is 5.78 Å². The summed E-state index contributed by atoms with van der Waals surface area (Å²) >= 11 is 0. The van der Waals surface area contributed by atoms with Gasteiger partial charge in [-0.05, 0) is 56.0 Å². The van der Waals surface area contributed by atoms with Gasteiger partial charge in [0.1, 0.15) is 5.82 Å². The molecule has 1 N–H and O–H groups in total. The van der Waals surface area contributed by atoms with E-state index in [-0.39, 0.29) is 49.3 Å². The quantitative estimate of drug-likeness (QED) is 0.0575. The number of pyridine rings is 3. The van der Waals surface area contributed by atoms with Gasteiger partial charge in [-0.1, -0.05) is 86.3 Å². The summed E-state index contributed by atoms with van der Waals surface area (Å²) in [6.45, 7) is 12.4. The van der Waals surface area contributed by atoms with Crippen molar-refractivity contribution in [3.05, 3.63) is 95.6 Å². The Morgan fingerprint density at radius 1 is 0.870 bits per heavy atom. The van der Waals surface area contributed by atoms with E-state index in [0.717, 1.165) is 80.1 Å². The number of hydrogen-bond donors (Lipinski definition) is 1. The maximum absolute atomic E-state index is 15.2. The molecule has 0 bridgehead atoms. The van der Waals surface area contributed by atoms with Crippen molar-refractivity contribution in [3.8, 4) is 0 Å². The van der Waals surface area contributed by atoms with Gasteiger partial charge in [-0.15, -0.1) is 23.6 Å². The molecule has 0 unspecified atom stereocenters. The van der Waals surface area contributed by atoms with Crippen molar-refractivity contribution in [2.75, 3.05) is 0 Å². The van der Waals surface area contributed by atoms with E-state index in [1.807, 2.05) is 58.0 Å². The molecule has 1 radical (unpaired) electrons. The van der Waals surface area contributed by atoms with Crippen molar-refractivity contribution in [2.45, 2.75) is 67.2 Å². The van der Waals surface area contributed by atoms with Crippen LogP contribution < -0.4 is 0 Å². The monoisotopic (exact) mass is 792 g/mol. The van der Waals surface area contributed by atoms with E-state index >= 15 is 4.39 Å². The molecule has 4 nitrogen and oxygen atoms in total. The number of carbonyl (C=O) groups excluding carboxylic acids is 1. The van der Waals surface area contributed by atoms with Crippen LogP contribution in [0.2, 0.25) is 0 Å². The summed E-state index contributed by atoms with van der Waals surface area (Å²) in [5, 5.41) is 16.6. The van der Waals surface area contributed by atoms with Gasteiger partial charge in [-0.25, -0.2) is 4.39 Å². The summed E-state index contributed by atoms with van der Waals surface area (Å²) in [5.74, 6) is 0.261. The Morgan fingerprint density at radius 2 is 1.46 bits per heavy atom. The first-order valence-electron chi connectivity index (χ1n) is 16.2. The number of allylic oxidation sites excluding steroid dienone is 2. The van der Waals surface area contributed by atoms with Crippen molar-refractivity contribution in [3.63, 3.8) is 0 Å². The fourth-order valence-electron chi connectivity index (χ4n) is 7.03. The minimum absolute atomic E-state index is 0. The molecule has 0 atom stereocenters. The third kappa shape index (κ3) is 5.36. The van der Waals surface area contributed by atoms with Crippen molar-refractivity contribution in [1.29, 1.82) is 0 Å².